The molecule has 0 saturated carbocycles. The van der Waals surface area contributed by atoms with Crippen LogP contribution in [0.4, 0.5) is 5.69 Å². The lowest BCUT2D eigenvalue weighted by Gasteiger charge is -2.27. The molecule has 4 nitrogen and oxygen atoms in total. The predicted octanol–water partition coefficient (Wildman–Crippen LogP) is 5.38. The van der Waals surface area contributed by atoms with Crippen molar-refractivity contribution in [2.24, 2.45) is 0 Å². The molecule has 2 aromatic carbocycles. The first-order chi connectivity index (χ1) is 12.8. The molecule has 27 heavy (non-hydrogen) atoms. The van der Waals surface area contributed by atoms with Crippen LogP contribution >= 0.6 is 0 Å². The second-order valence-corrected chi connectivity index (χ2v) is 7.67. The van der Waals surface area contributed by atoms with Crippen LogP contribution in [0.2, 0.25) is 0 Å². The lowest BCUT2D eigenvalue weighted by Crippen LogP contribution is -2.32. The van der Waals surface area contributed by atoms with Gasteiger partial charge in [0.25, 0.3) is 0 Å². The number of carbonyl (C=O) groups excluding carboxylic acids is 1. The molecule has 0 saturated heterocycles. The van der Waals surface area contributed by atoms with E-state index in [9.17, 15) is 15.0 Å². The van der Waals surface area contributed by atoms with E-state index in [0.717, 1.165) is 43.5 Å². The summed E-state index contributed by atoms with van der Waals surface area (Å²) in [6, 6.07) is 14.5. The number of amides is 1. The predicted molar refractivity (Wildman–Crippen MR) is 110 cm³/mol. The number of benzene rings is 2. The zero-order chi connectivity index (χ0) is 19.9. The SMILES string of the molecule is CCCCN(C(=O)CCCC(C)(C)c1ccc(O)cc1O)c1ccccc1. The highest BCUT2D eigenvalue weighted by Gasteiger charge is 2.25. The number of carbonyl (C=O) groups is 1. The first kappa shape index (κ1) is 20.8. The fourth-order valence-corrected chi connectivity index (χ4v) is 3.37. The number of nitrogens with zero attached hydrogens (tertiary/aromatic N) is 1. The van der Waals surface area contributed by atoms with Crippen LogP contribution in [0.25, 0.3) is 0 Å². The highest BCUT2D eigenvalue weighted by molar-refractivity contribution is 5.93. The summed E-state index contributed by atoms with van der Waals surface area (Å²) in [6.07, 6.45) is 4.01. The first-order valence-corrected chi connectivity index (χ1v) is 9.73. The molecule has 0 aromatic heterocycles. The van der Waals surface area contributed by atoms with Crippen LogP contribution in [0.15, 0.2) is 48.5 Å². The van der Waals surface area contributed by atoms with E-state index in [4.69, 9.17) is 0 Å². The Morgan fingerprint density at radius 3 is 2.37 bits per heavy atom. The maximum absolute atomic E-state index is 12.8. The van der Waals surface area contributed by atoms with Gasteiger partial charge in [0, 0.05) is 24.7 Å². The summed E-state index contributed by atoms with van der Waals surface area (Å²) in [5.74, 6) is 0.289. The van der Waals surface area contributed by atoms with Crippen molar-refractivity contribution in [2.45, 2.75) is 58.3 Å². The van der Waals surface area contributed by atoms with Gasteiger partial charge in [-0.3, -0.25) is 4.79 Å². The number of phenolic OH excluding ortho intramolecular Hbond substituents is 2. The highest BCUT2D eigenvalue weighted by Crippen LogP contribution is 2.36. The maximum atomic E-state index is 12.8. The normalized spacial score (nSPS) is 11.4. The topological polar surface area (TPSA) is 60.8 Å². The molecule has 1 amide bonds. The van der Waals surface area contributed by atoms with Gasteiger partial charge in [0.15, 0.2) is 0 Å². The standard InChI is InChI=1S/C23H31NO3/c1-4-5-16-24(18-10-7-6-8-11-18)22(27)12-9-15-23(2,3)20-14-13-19(25)17-21(20)26/h6-8,10-11,13-14,17,25-26H,4-5,9,12,15-16H2,1-3H3. The van der Waals surface area contributed by atoms with Crippen LogP contribution < -0.4 is 4.90 Å². The van der Waals surface area contributed by atoms with Crippen molar-refractivity contribution in [3.63, 3.8) is 0 Å². The molecule has 0 aliphatic heterocycles. The van der Waals surface area contributed by atoms with Crippen LogP contribution in [0.1, 0.15) is 58.4 Å². The lowest BCUT2D eigenvalue weighted by molar-refractivity contribution is -0.118. The van der Waals surface area contributed by atoms with Gasteiger partial charge in [-0.25, -0.2) is 0 Å². The molecule has 0 unspecified atom stereocenters. The van der Waals surface area contributed by atoms with Gasteiger partial charge in [0.05, 0.1) is 0 Å². The van der Waals surface area contributed by atoms with Gasteiger partial charge in [0.1, 0.15) is 11.5 Å². The monoisotopic (exact) mass is 369 g/mol. The molecule has 0 aliphatic rings. The van der Waals surface area contributed by atoms with E-state index in [1.165, 1.54) is 6.07 Å². The summed E-state index contributed by atoms with van der Waals surface area (Å²) < 4.78 is 0. The maximum Gasteiger partial charge on any atom is 0.226 e. The van der Waals surface area contributed by atoms with Crippen molar-refractivity contribution in [3.8, 4) is 11.5 Å². The summed E-state index contributed by atoms with van der Waals surface area (Å²) in [5.41, 5.74) is 1.46. The molecule has 0 radical (unpaired) electrons. The lowest BCUT2D eigenvalue weighted by atomic mass is 9.79. The molecular weight excluding hydrogens is 338 g/mol. The third-order valence-electron chi connectivity index (χ3n) is 5.01. The summed E-state index contributed by atoms with van der Waals surface area (Å²) in [6.45, 7) is 6.97. The van der Waals surface area contributed by atoms with Gasteiger partial charge in [-0.1, -0.05) is 51.5 Å². The van der Waals surface area contributed by atoms with E-state index in [0.29, 0.717) is 6.42 Å². The van der Waals surface area contributed by atoms with Crippen LogP contribution in [-0.4, -0.2) is 22.7 Å². The number of para-hydroxylation sites is 1. The molecule has 0 bridgehead atoms. The Hall–Kier alpha value is -2.49. The third kappa shape index (κ3) is 5.75. The molecule has 0 heterocycles. The number of hydrogen-bond donors (Lipinski definition) is 2. The Morgan fingerprint density at radius 1 is 1.04 bits per heavy atom. The number of anilines is 1. The van der Waals surface area contributed by atoms with Gasteiger partial charge in [-0.2, -0.15) is 0 Å². The van der Waals surface area contributed by atoms with Gasteiger partial charge in [-0.05, 0) is 48.4 Å². The first-order valence-electron chi connectivity index (χ1n) is 9.73. The van der Waals surface area contributed by atoms with Crippen molar-refractivity contribution in [3.05, 3.63) is 54.1 Å². The van der Waals surface area contributed by atoms with E-state index < -0.39 is 0 Å². The Kier molecular flexibility index (Phi) is 7.28. The largest absolute Gasteiger partial charge is 0.508 e. The minimum absolute atomic E-state index is 0.0525. The van der Waals surface area contributed by atoms with Gasteiger partial charge < -0.3 is 15.1 Å². The van der Waals surface area contributed by atoms with Crippen molar-refractivity contribution in [2.75, 3.05) is 11.4 Å². The van der Waals surface area contributed by atoms with Crippen LogP contribution in [0.5, 0.6) is 11.5 Å². The average Bonchev–Trinajstić information content (AvgIpc) is 2.62. The fourth-order valence-electron chi connectivity index (χ4n) is 3.37. The van der Waals surface area contributed by atoms with Crippen LogP contribution in [0.3, 0.4) is 0 Å². The molecule has 2 rings (SSSR count). The van der Waals surface area contributed by atoms with Crippen LogP contribution in [-0.2, 0) is 10.2 Å². The number of phenols is 2. The second kappa shape index (κ2) is 9.45. The van der Waals surface area contributed by atoms with E-state index in [2.05, 4.69) is 20.8 Å². The minimum atomic E-state index is -0.279. The quantitative estimate of drug-likeness (QED) is 0.624. The molecule has 2 N–H and O–H groups in total. The fraction of sp³-hybridized carbons (Fsp3) is 0.435. The number of rotatable bonds is 9. The number of hydrogen-bond acceptors (Lipinski definition) is 3. The summed E-state index contributed by atoms with van der Waals surface area (Å²) in [5, 5.41) is 19.6. The second-order valence-electron chi connectivity index (χ2n) is 7.67. The summed E-state index contributed by atoms with van der Waals surface area (Å²) >= 11 is 0. The smallest absolute Gasteiger partial charge is 0.226 e. The average molecular weight is 370 g/mol. The molecule has 0 fully saturated rings. The zero-order valence-electron chi connectivity index (χ0n) is 16.6. The summed E-state index contributed by atoms with van der Waals surface area (Å²) in [7, 11) is 0. The van der Waals surface area contributed by atoms with Crippen molar-refractivity contribution < 1.29 is 15.0 Å². The van der Waals surface area contributed by atoms with Crippen molar-refractivity contribution in [1.82, 2.24) is 0 Å². The molecule has 0 spiro atoms. The molecule has 2 aromatic rings. The van der Waals surface area contributed by atoms with Crippen molar-refractivity contribution >= 4 is 11.6 Å². The van der Waals surface area contributed by atoms with E-state index in [-0.39, 0.29) is 22.8 Å². The number of aromatic hydroxyl groups is 2. The molecular formula is C23H31NO3. The van der Waals surface area contributed by atoms with Gasteiger partial charge >= 0.3 is 0 Å². The Morgan fingerprint density at radius 2 is 1.74 bits per heavy atom. The minimum Gasteiger partial charge on any atom is -0.508 e. The molecule has 0 atom stereocenters. The van der Waals surface area contributed by atoms with E-state index in [1.807, 2.05) is 35.2 Å². The zero-order valence-corrected chi connectivity index (χ0v) is 16.6. The van der Waals surface area contributed by atoms with E-state index >= 15 is 0 Å². The molecule has 146 valence electrons. The third-order valence-corrected chi connectivity index (χ3v) is 5.01. The van der Waals surface area contributed by atoms with E-state index in [1.54, 1.807) is 12.1 Å². The number of unbranched alkanes of at least 4 members (excludes halogenated alkanes) is 1. The Labute approximate surface area is 162 Å². The van der Waals surface area contributed by atoms with Crippen molar-refractivity contribution in [1.29, 1.82) is 0 Å². The van der Waals surface area contributed by atoms with Crippen LogP contribution in [0, 0.1) is 0 Å². The highest BCUT2D eigenvalue weighted by atomic mass is 16.3. The Balaban J connectivity index is 2.00. The van der Waals surface area contributed by atoms with Gasteiger partial charge in [0.2, 0.25) is 5.91 Å². The molecule has 0 aliphatic carbocycles. The van der Waals surface area contributed by atoms with Gasteiger partial charge in [-0.15, -0.1) is 0 Å². The summed E-state index contributed by atoms with van der Waals surface area (Å²) in [4.78, 5) is 14.7. The Bertz CT molecular complexity index is 741. The molecule has 4 heteroatoms.